The highest BCUT2D eigenvalue weighted by molar-refractivity contribution is 6.66. The van der Waals surface area contributed by atoms with Gasteiger partial charge in [0.15, 0.2) is 0 Å². The Kier molecular flexibility index (Phi) is 9.10. The van der Waals surface area contributed by atoms with Gasteiger partial charge in [-0.3, -0.25) is 4.79 Å². The van der Waals surface area contributed by atoms with Crippen LogP contribution in [0.25, 0.3) is 0 Å². The quantitative estimate of drug-likeness (QED) is 0.359. The number of nitrogens with one attached hydrogen (secondary N) is 1. The number of carboxylic acid groups (broad SMARTS) is 1. The summed E-state index contributed by atoms with van der Waals surface area (Å²) in [5, 5.41) is 11.0. The molecule has 0 radical (unpaired) electrons. The van der Waals surface area contributed by atoms with Gasteiger partial charge in [0.1, 0.15) is 0 Å². The Bertz CT molecular complexity index is 313. The first-order valence-electron chi connectivity index (χ1n) is 6.40. The van der Waals surface area contributed by atoms with Crippen LogP contribution in [0.5, 0.6) is 0 Å². The van der Waals surface area contributed by atoms with Crippen LogP contribution in [-0.2, 0) is 18.4 Å². The number of aliphatic carboxylic acids is 1. The molecule has 7 heteroatoms. The Morgan fingerprint density at radius 3 is 2.26 bits per heavy atom. The Morgan fingerprint density at radius 1 is 1.21 bits per heavy atom. The normalized spacial score (nSPS) is 11.7. The maximum absolute atomic E-state index is 11.2. The summed E-state index contributed by atoms with van der Waals surface area (Å²) in [7, 11) is -2.12. The third-order valence-electron chi connectivity index (χ3n) is 2.38. The van der Waals surface area contributed by atoms with E-state index in [1.165, 1.54) is 0 Å². The van der Waals surface area contributed by atoms with Crippen molar-refractivity contribution in [2.24, 2.45) is 0 Å². The van der Waals surface area contributed by atoms with Crippen molar-refractivity contribution < 1.29 is 23.5 Å². The molecule has 0 bridgehead atoms. The van der Waals surface area contributed by atoms with Crippen molar-refractivity contribution in [3.63, 3.8) is 0 Å². The van der Waals surface area contributed by atoms with Crippen molar-refractivity contribution in [1.82, 2.24) is 5.32 Å². The predicted molar refractivity (Wildman–Crippen MR) is 74.1 cm³/mol. The van der Waals surface area contributed by atoms with Crippen molar-refractivity contribution >= 4 is 20.4 Å². The minimum absolute atomic E-state index is 0.404. The lowest BCUT2D eigenvalue weighted by molar-refractivity contribution is -0.131. The average Bonchev–Trinajstić information content (AvgIpc) is 2.33. The molecule has 0 aliphatic carbocycles. The molecule has 0 aromatic rings. The standard InChI is InChI=1S/C12H23NO5Si/c1-4-17-19(3,18-5-2)10-6-9-13-11(14)7-8-12(15)16/h7-8H,4-6,9-10H2,1-3H3,(H,13,14)(H,15,16)/b8-7+. The van der Waals surface area contributed by atoms with Gasteiger partial charge in [0.2, 0.25) is 5.91 Å². The zero-order valence-electron chi connectivity index (χ0n) is 11.8. The van der Waals surface area contributed by atoms with Crippen LogP contribution in [0.4, 0.5) is 0 Å². The third kappa shape index (κ3) is 9.40. The second-order valence-corrected chi connectivity index (χ2v) is 7.41. The Labute approximate surface area is 115 Å². The lowest BCUT2D eigenvalue weighted by Crippen LogP contribution is -2.39. The minimum Gasteiger partial charge on any atom is -0.478 e. The Balaban J connectivity index is 3.94. The molecular formula is C12H23NO5Si. The topological polar surface area (TPSA) is 84.9 Å². The molecule has 0 aromatic heterocycles. The van der Waals surface area contributed by atoms with Crippen LogP contribution in [0.3, 0.4) is 0 Å². The van der Waals surface area contributed by atoms with Gasteiger partial charge >= 0.3 is 14.5 Å². The summed E-state index contributed by atoms with van der Waals surface area (Å²) < 4.78 is 11.3. The summed E-state index contributed by atoms with van der Waals surface area (Å²) in [5.74, 6) is -1.54. The highest BCUT2D eigenvalue weighted by Crippen LogP contribution is 2.15. The first-order valence-corrected chi connectivity index (χ1v) is 8.92. The number of carboxylic acids is 1. The lowest BCUT2D eigenvalue weighted by Gasteiger charge is -2.25. The zero-order chi connectivity index (χ0) is 14.7. The van der Waals surface area contributed by atoms with Crippen LogP contribution >= 0.6 is 0 Å². The highest BCUT2D eigenvalue weighted by Gasteiger charge is 2.29. The molecule has 0 aliphatic rings. The molecule has 1 amide bonds. The fourth-order valence-corrected chi connectivity index (χ4v) is 4.04. The van der Waals surface area contributed by atoms with Crippen LogP contribution in [0.1, 0.15) is 20.3 Å². The molecule has 19 heavy (non-hydrogen) atoms. The largest absolute Gasteiger partial charge is 0.478 e. The van der Waals surface area contributed by atoms with Gasteiger partial charge in [-0.15, -0.1) is 0 Å². The Morgan fingerprint density at radius 2 is 1.79 bits per heavy atom. The van der Waals surface area contributed by atoms with Crippen molar-refractivity contribution in [2.75, 3.05) is 19.8 Å². The summed E-state index contributed by atoms with van der Waals surface area (Å²) in [6, 6.07) is 0.789. The maximum atomic E-state index is 11.2. The second kappa shape index (κ2) is 9.71. The van der Waals surface area contributed by atoms with Crippen molar-refractivity contribution in [3.05, 3.63) is 12.2 Å². The van der Waals surface area contributed by atoms with Gasteiger partial charge in [0, 0.05) is 31.9 Å². The minimum atomic E-state index is -2.12. The molecule has 0 rings (SSSR count). The molecule has 6 nitrogen and oxygen atoms in total. The van der Waals surface area contributed by atoms with Crippen molar-refractivity contribution in [2.45, 2.75) is 32.9 Å². The highest BCUT2D eigenvalue weighted by atomic mass is 28.4. The molecule has 0 unspecified atom stereocenters. The number of carbonyl (C=O) groups excluding carboxylic acids is 1. The molecule has 0 aliphatic heterocycles. The Hall–Kier alpha value is -1.18. The molecule has 0 saturated heterocycles. The number of hydrogen-bond acceptors (Lipinski definition) is 4. The van der Waals surface area contributed by atoms with Gasteiger partial charge in [-0.1, -0.05) is 0 Å². The SMILES string of the molecule is CCO[Si](C)(CCCNC(=O)/C=C/C(=O)O)OCC. The molecule has 0 atom stereocenters. The van der Waals surface area contributed by atoms with Gasteiger partial charge in [-0.2, -0.15) is 0 Å². The van der Waals surface area contributed by atoms with Gasteiger partial charge in [0.05, 0.1) is 0 Å². The van der Waals surface area contributed by atoms with E-state index < -0.39 is 20.4 Å². The summed E-state index contributed by atoms with van der Waals surface area (Å²) in [6.07, 6.45) is 2.56. The van der Waals surface area contributed by atoms with Crippen LogP contribution in [0.15, 0.2) is 12.2 Å². The van der Waals surface area contributed by atoms with Crippen LogP contribution in [0.2, 0.25) is 12.6 Å². The second-order valence-electron chi connectivity index (χ2n) is 4.07. The maximum Gasteiger partial charge on any atom is 0.334 e. The fraction of sp³-hybridized carbons (Fsp3) is 0.667. The van der Waals surface area contributed by atoms with E-state index in [-0.39, 0.29) is 0 Å². The molecular weight excluding hydrogens is 266 g/mol. The number of carbonyl (C=O) groups is 2. The first-order chi connectivity index (χ1) is 8.93. The van der Waals surface area contributed by atoms with E-state index in [0.717, 1.165) is 24.6 Å². The van der Waals surface area contributed by atoms with Crippen LogP contribution in [-0.4, -0.2) is 45.3 Å². The van der Waals surface area contributed by atoms with E-state index in [1.807, 2.05) is 20.4 Å². The summed E-state index contributed by atoms with van der Waals surface area (Å²) >= 11 is 0. The number of rotatable bonds is 10. The third-order valence-corrected chi connectivity index (χ3v) is 5.44. The van der Waals surface area contributed by atoms with E-state index in [0.29, 0.717) is 19.8 Å². The molecule has 0 spiro atoms. The van der Waals surface area contributed by atoms with E-state index >= 15 is 0 Å². The van der Waals surface area contributed by atoms with E-state index in [2.05, 4.69) is 5.32 Å². The number of hydrogen-bond donors (Lipinski definition) is 2. The number of amides is 1. The first kappa shape index (κ1) is 17.8. The predicted octanol–water partition coefficient (Wildman–Crippen LogP) is 1.28. The van der Waals surface area contributed by atoms with E-state index in [1.54, 1.807) is 0 Å². The molecule has 110 valence electrons. The van der Waals surface area contributed by atoms with E-state index in [4.69, 9.17) is 14.0 Å². The smallest absolute Gasteiger partial charge is 0.334 e. The molecule has 0 heterocycles. The molecule has 0 saturated carbocycles. The van der Waals surface area contributed by atoms with E-state index in [9.17, 15) is 9.59 Å². The summed E-state index contributed by atoms with van der Waals surface area (Å²) in [4.78, 5) is 21.4. The monoisotopic (exact) mass is 289 g/mol. The van der Waals surface area contributed by atoms with Crippen LogP contribution in [0, 0.1) is 0 Å². The lowest BCUT2D eigenvalue weighted by atomic mass is 10.4. The van der Waals surface area contributed by atoms with Crippen molar-refractivity contribution in [1.29, 1.82) is 0 Å². The summed E-state index contributed by atoms with van der Waals surface area (Å²) in [6.45, 7) is 7.59. The van der Waals surface area contributed by atoms with Crippen LogP contribution < -0.4 is 5.32 Å². The van der Waals surface area contributed by atoms with Gasteiger partial charge in [-0.05, 0) is 32.9 Å². The molecule has 2 N–H and O–H groups in total. The zero-order valence-corrected chi connectivity index (χ0v) is 12.8. The van der Waals surface area contributed by atoms with Gasteiger partial charge in [-0.25, -0.2) is 4.79 Å². The molecule has 0 aromatic carbocycles. The average molecular weight is 289 g/mol. The fourth-order valence-electron chi connectivity index (χ4n) is 1.62. The summed E-state index contributed by atoms with van der Waals surface area (Å²) in [5.41, 5.74) is 0. The van der Waals surface area contributed by atoms with Crippen molar-refractivity contribution in [3.8, 4) is 0 Å². The van der Waals surface area contributed by atoms with Gasteiger partial charge < -0.3 is 19.3 Å². The van der Waals surface area contributed by atoms with Gasteiger partial charge in [0.25, 0.3) is 0 Å². The molecule has 0 fully saturated rings.